The number of likely N-dealkylation sites (N-methyl/N-ethyl adjacent to an activating group) is 1. The minimum atomic E-state index is -0.674. The van der Waals surface area contributed by atoms with Crippen molar-refractivity contribution >= 4 is 17.6 Å². The molecule has 2 N–H and O–H groups in total. The third-order valence-corrected chi connectivity index (χ3v) is 3.75. The largest absolute Gasteiger partial charge is 0.462 e. The predicted octanol–water partition coefficient (Wildman–Crippen LogP) is 2.14. The van der Waals surface area contributed by atoms with Crippen molar-refractivity contribution in [3.8, 4) is 6.07 Å². The number of nitrogens with one attached hydrogen (secondary N) is 2. The second-order valence-corrected chi connectivity index (χ2v) is 5.39. The summed E-state index contributed by atoms with van der Waals surface area (Å²) in [6, 6.07) is 8.55. The van der Waals surface area contributed by atoms with E-state index >= 15 is 0 Å². The van der Waals surface area contributed by atoms with Crippen molar-refractivity contribution in [1.82, 2.24) is 10.2 Å². The smallest absolute Gasteiger partial charge is 0.350 e. The molecule has 0 aliphatic carbocycles. The van der Waals surface area contributed by atoms with Crippen LogP contribution in [0.25, 0.3) is 0 Å². The summed E-state index contributed by atoms with van der Waals surface area (Å²) in [7, 11) is 0. The Kier molecular flexibility index (Phi) is 9.50. The van der Waals surface area contributed by atoms with Gasteiger partial charge in [0, 0.05) is 30.5 Å². The fourth-order valence-electron chi connectivity index (χ4n) is 2.19. The second-order valence-electron chi connectivity index (χ2n) is 5.39. The quantitative estimate of drug-likeness (QED) is 0.378. The van der Waals surface area contributed by atoms with Gasteiger partial charge in [-0.05, 0) is 44.3 Å². The van der Waals surface area contributed by atoms with E-state index < -0.39 is 5.97 Å². The fraction of sp³-hybridized carbons (Fsp3) is 0.421. The van der Waals surface area contributed by atoms with Gasteiger partial charge < -0.3 is 20.3 Å². The molecule has 0 heterocycles. The molecule has 1 rings (SSSR count). The Balaban J connectivity index is 2.58. The van der Waals surface area contributed by atoms with Crippen molar-refractivity contribution in [2.75, 3.05) is 38.1 Å². The highest BCUT2D eigenvalue weighted by Crippen LogP contribution is 2.10. The molecule has 0 unspecified atom stereocenters. The molecular formula is C19H26N4O3. The van der Waals surface area contributed by atoms with Gasteiger partial charge in [-0.1, -0.05) is 13.8 Å². The Hall–Kier alpha value is -2.85. The lowest BCUT2D eigenvalue weighted by Gasteiger charge is -2.17. The lowest BCUT2D eigenvalue weighted by molar-refractivity contribution is -0.138. The highest BCUT2D eigenvalue weighted by Gasteiger charge is 2.09. The summed E-state index contributed by atoms with van der Waals surface area (Å²) >= 11 is 0. The summed E-state index contributed by atoms with van der Waals surface area (Å²) in [5.41, 5.74) is 1.08. The Morgan fingerprint density at radius 2 is 1.85 bits per heavy atom. The van der Waals surface area contributed by atoms with Gasteiger partial charge in [0.15, 0.2) is 5.57 Å². The first kappa shape index (κ1) is 21.2. The Morgan fingerprint density at radius 3 is 2.38 bits per heavy atom. The molecule has 0 fully saturated rings. The van der Waals surface area contributed by atoms with Crippen LogP contribution in [0.5, 0.6) is 0 Å². The molecule has 0 bridgehead atoms. The number of benzene rings is 1. The zero-order chi connectivity index (χ0) is 19.4. The lowest BCUT2D eigenvalue weighted by atomic mass is 10.2. The second kappa shape index (κ2) is 11.7. The van der Waals surface area contributed by atoms with E-state index in [9.17, 15) is 9.59 Å². The van der Waals surface area contributed by atoms with Crippen molar-refractivity contribution in [2.45, 2.75) is 20.8 Å². The molecule has 0 saturated heterocycles. The van der Waals surface area contributed by atoms with Gasteiger partial charge in [-0.3, -0.25) is 4.79 Å². The first-order valence-electron chi connectivity index (χ1n) is 8.70. The topological polar surface area (TPSA) is 94.5 Å². The monoisotopic (exact) mass is 358 g/mol. The van der Waals surface area contributed by atoms with Crippen molar-refractivity contribution in [1.29, 1.82) is 5.26 Å². The van der Waals surface area contributed by atoms with E-state index in [4.69, 9.17) is 10.00 Å². The third-order valence-electron chi connectivity index (χ3n) is 3.75. The van der Waals surface area contributed by atoms with Crippen LogP contribution in [0.1, 0.15) is 31.1 Å². The maximum atomic E-state index is 12.1. The number of nitrogens with zero attached hydrogens (tertiary/aromatic N) is 2. The Bertz CT molecular complexity index is 658. The predicted molar refractivity (Wildman–Crippen MR) is 101 cm³/mol. The molecule has 1 aromatic rings. The molecule has 0 saturated carbocycles. The number of rotatable bonds is 10. The SMILES string of the molecule is CCOC(=O)/C(C#N)=C\Nc1ccc(C(=O)NCCN(CC)CC)cc1. The van der Waals surface area contributed by atoms with Crippen molar-refractivity contribution in [3.63, 3.8) is 0 Å². The number of hydrogen-bond acceptors (Lipinski definition) is 6. The van der Waals surface area contributed by atoms with Gasteiger partial charge in [-0.25, -0.2) is 4.79 Å². The van der Waals surface area contributed by atoms with E-state index in [1.807, 2.05) is 0 Å². The van der Waals surface area contributed by atoms with Gasteiger partial charge in [-0.2, -0.15) is 5.26 Å². The maximum Gasteiger partial charge on any atom is 0.350 e. The van der Waals surface area contributed by atoms with Crippen LogP contribution in [0.15, 0.2) is 36.0 Å². The third kappa shape index (κ3) is 6.95. The van der Waals surface area contributed by atoms with Crippen LogP contribution in [0, 0.1) is 11.3 Å². The van der Waals surface area contributed by atoms with Gasteiger partial charge in [0.2, 0.25) is 0 Å². The molecule has 0 spiro atoms. The minimum absolute atomic E-state index is 0.120. The van der Waals surface area contributed by atoms with Crippen LogP contribution >= 0.6 is 0 Å². The number of carbonyl (C=O) groups is 2. The first-order chi connectivity index (χ1) is 12.5. The van der Waals surface area contributed by atoms with E-state index in [0.717, 1.165) is 19.6 Å². The van der Waals surface area contributed by atoms with Gasteiger partial charge in [0.25, 0.3) is 5.91 Å². The summed E-state index contributed by atoms with van der Waals surface area (Å²) < 4.78 is 4.78. The zero-order valence-electron chi connectivity index (χ0n) is 15.5. The average Bonchev–Trinajstić information content (AvgIpc) is 2.66. The van der Waals surface area contributed by atoms with Crippen LogP contribution < -0.4 is 10.6 Å². The van der Waals surface area contributed by atoms with Gasteiger partial charge in [0.05, 0.1) is 6.61 Å². The number of hydrogen-bond donors (Lipinski definition) is 2. The molecule has 1 amide bonds. The van der Waals surface area contributed by atoms with Crippen molar-refractivity contribution in [2.24, 2.45) is 0 Å². The molecule has 7 heteroatoms. The van der Waals surface area contributed by atoms with Crippen molar-refractivity contribution in [3.05, 3.63) is 41.6 Å². The van der Waals surface area contributed by atoms with Gasteiger partial charge in [-0.15, -0.1) is 0 Å². The summed E-state index contributed by atoms with van der Waals surface area (Å²) in [4.78, 5) is 25.9. The van der Waals surface area contributed by atoms with E-state index in [0.29, 0.717) is 17.8 Å². The van der Waals surface area contributed by atoms with Crippen LogP contribution in [-0.4, -0.2) is 49.6 Å². The van der Waals surface area contributed by atoms with E-state index in [2.05, 4.69) is 29.4 Å². The molecule has 0 aliphatic heterocycles. The summed E-state index contributed by atoms with van der Waals surface area (Å²) in [6.45, 7) is 9.37. The molecular weight excluding hydrogens is 332 g/mol. The molecule has 140 valence electrons. The summed E-state index contributed by atoms with van der Waals surface area (Å²) in [6.07, 6.45) is 1.29. The lowest BCUT2D eigenvalue weighted by Crippen LogP contribution is -2.34. The number of amides is 1. The first-order valence-corrected chi connectivity index (χ1v) is 8.70. The standard InChI is InChI=1S/C19H26N4O3/c1-4-23(5-2)12-11-21-18(24)15-7-9-17(10-8-15)22-14-16(13-20)19(25)26-6-3/h7-10,14,22H,4-6,11-12H2,1-3H3,(H,21,24)/b16-14-. The molecule has 0 atom stereocenters. The van der Waals surface area contributed by atoms with Gasteiger partial charge >= 0.3 is 5.97 Å². The highest BCUT2D eigenvalue weighted by molar-refractivity contribution is 5.95. The molecule has 26 heavy (non-hydrogen) atoms. The van der Waals surface area contributed by atoms with Gasteiger partial charge in [0.1, 0.15) is 6.07 Å². The molecule has 0 aliphatic rings. The maximum absolute atomic E-state index is 12.1. The normalized spacial score (nSPS) is 11.0. The highest BCUT2D eigenvalue weighted by atomic mass is 16.5. The number of anilines is 1. The number of nitriles is 1. The molecule has 1 aromatic carbocycles. The average molecular weight is 358 g/mol. The van der Waals surface area contributed by atoms with Crippen LogP contribution in [-0.2, 0) is 9.53 Å². The number of carbonyl (C=O) groups excluding carboxylic acids is 2. The zero-order valence-corrected chi connectivity index (χ0v) is 15.5. The van der Waals surface area contributed by atoms with Crippen LogP contribution in [0.3, 0.4) is 0 Å². The Labute approximate surface area is 154 Å². The fourth-order valence-corrected chi connectivity index (χ4v) is 2.19. The molecule has 7 nitrogen and oxygen atoms in total. The molecule has 0 radical (unpaired) electrons. The van der Waals surface area contributed by atoms with E-state index in [1.165, 1.54) is 6.20 Å². The van der Waals surface area contributed by atoms with E-state index in [-0.39, 0.29) is 18.1 Å². The molecule has 0 aromatic heterocycles. The van der Waals surface area contributed by atoms with E-state index in [1.54, 1.807) is 37.3 Å². The summed E-state index contributed by atoms with van der Waals surface area (Å²) in [5.74, 6) is -0.810. The number of esters is 1. The van der Waals surface area contributed by atoms with Crippen LogP contribution in [0.2, 0.25) is 0 Å². The number of ether oxygens (including phenoxy) is 1. The van der Waals surface area contributed by atoms with Crippen molar-refractivity contribution < 1.29 is 14.3 Å². The minimum Gasteiger partial charge on any atom is -0.462 e. The Morgan fingerprint density at radius 1 is 1.19 bits per heavy atom. The van der Waals surface area contributed by atoms with Crippen LogP contribution in [0.4, 0.5) is 5.69 Å². The summed E-state index contributed by atoms with van der Waals surface area (Å²) in [5, 5.41) is 14.7.